The highest BCUT2D eigenvalue weighted by Gasteiger charge is 2.21. The van der Waals surface area contributed by atoms with Gasteiger partial charge >= 0.3 is 0 Å². The van der Waals surface area contributed by atoms with Crippen molar-refractivity contribution in [3.63, 3.8) is 0 Å². The molecule has 0 atom stereocenters. The van der Waals surface area contributed by atoms with Crippen molar-refractivity contribution in [2.24, 2.45) is 0 Å². The highest BCUT2D eigenvalue weighted by molar-refractivity contribution is 8.03. The van der Waals surface area contributed by atoms with E-state index in [1.54, 1.807) is 11.8 Å². The van der Waals surface area contributed by atoms with Crippen molar-refractivity contribution < 1.29 is 5.11 Å². The molecule has 0 spiro atoms. The Morgan fingerprint density at radius 1 is 1.20 bits per heavy atom. The first-order chi connectivity index (χ1) is 7.36. The van der Waals surface area contributed by atoms with Crippen molar-refractivity contribution in [3.05, 3.63) is 58.5 Å². The number of fused-ring (bicyclic) bond motifs is 2. The third kappa shape index (κ3) is 1.33. The van der Waals surface area contributed by atoms with E-state index >= 15 is 0 Å². The van der Waals surface area contributed by atoms with Crippen LogP contribution in [0.4, 0.5) is 0 Å². The van der Waals surface area contributed by atoms with Crippen LogP contribution < -0.4 is 0 Å². The molecule has 74 valence electrons. The van der Waals surface area contributed by atoms with Crippen LogP contribution in [-0.2, 0) is 0 Å². The topological polar surface area (TPSA) is 20.2 Å². The fourth-order valence-electron chi connectivity index (χ4n) is 1.86. The predicted molar refractivity (Wildman–Crippen MR) is 63.7 cm³/mol. The predicted octanol–water partition coefficient (Wildman–Crippen LogP) is 3.91. The van der Waals surface area contributed by atoms with E-state index in [9.17, 15) is 5.11 Å². The highest BCUT2D eigenvalue weighted by atomic mass is 32.2. The Morgan fingerprint density at radius 3 is 3.00 bits per heavy atom. The van der Waals surface area contributed by atoms with Crippen molar-refractivity contribution in [2.45, 2.75) is 11.3 Å². The average molecular weight is 214 g/mol. The van der Waals surface area contributed by atoms with E-state index in [0.717, 1.165) is 22.5 Å². The van der Waals surface area contributed by atoms with Crippen LogP contribution in [0.5, 0.6) is 0 Å². The van der Waals surface area contributed by atoms with Gasteiger partial charge in [0.25, 0.3) is 0 Å². The van der Waals surface area contributed by atoms with Gasteiger partial charge in [-0.25, -0.2) is 0 Å². The molecule has 0 bridgehead atoms. The summed E-state index contributed by atoms with van der Waals surface area (Å²) in [5.74, 6) is 0.409. The quantitative estimate of drug-likeness (QED) is 0.706. The maximum absolute atomic E-state index is 10.1. The SMILES string of the molecule is OC1=C2C=CCC=C2Sc2ccccc21. The van der Waals surface area contributed by atoms with E-state index in [1.807, 2.05) is 30.3 Å². The van der Waals surface area contributed by atoms with Gasteiger partial charge < -0.3 is 5.11 Å². The van der Waals surface area contributed by atoms with Gasteiger partial charge in [0.2, 0.25) is 0 Å². The number of rotatable bonds is 0. The Balaban J connectivity index is 2.25. The zero-order valence-electron chi connectivity index (χ0n) is 8.10. The van der Waals surface area contributed by atoms with Gasteiger partial charge in [0.15, 0.2) is 0 Å². The highest BCUT2D eigenvalue weighted by Crippen LogP contribution is 2.45. The van der Waals surface area contributed by atoms with E-state index in [0.29, 0.717) is 5.76 Å². The number of aliphatic hydroxyl groups excluding tert-OH is 1. The third-order valence-electron chi connectivity index (χ3n) is 2.61. The van der Waals surface area contributed by atoms with Crippen molar-refractivity contribution in [2.75, 3.05) is 0 Å². The Labute approximate surface area is 92.8 Å². The summed E-state index contributed by atoms with van der Waals surface area (Å²) in [6, 6.07) is 7.97. The van der Waals surface area contributed by atoms with Gasteiger partial charge in [-0.1, -0.05) is 48.2 Å². The molecule has 0 amide bonds. The summed E-state index contributed by atoms with van der Waals surface area (Å²) in [5.41, 5.74) is 1.91. The Bertz CT molecular complexity index is 509. The van der Waals surface area contributed by atoms with Gasteiger partial charge in [-0.15, -0.1) is 0 Å². The maximum atomic E-state index is 10.1. The van der Waals surface area contributed by atoms with E-state index < -0.39 is 0 Å². The maximum Gasteiger partial charge on any atom is 0.132 e. The van der Waals surface area contributed by atoms with E-state index in [-0.39, 0.29) is 0 Å². The third-order valence-corrected chi connectivity index (χ3v) is 3.79. The van der Waals surface area contributed by atoms with E-state index in [4.69, 9.17) is 0 Å². The molecule has 0 aromatic heterocycles. The molecule has 1 heterocycles. The average Bonchev–Trinajstić information content (AvgIpc) is 2.30. The van der Waals surface area contributed by atoms with Gasteiger partial charge in [0.1, 0.15) is 5.76 Å². The minimum atomic E-state index is 0.409. The fourth-order valence-corrected chi connectivity index (χ4v) is 2.97. The van der Waals surface area contributed by atoms with Crippen LogP contribution >= 0.6 is 11.8 Å². The number of thioether (sulfide) groups is 1. The fraction of sp³-hybridized carbons (Fsp3) is 0.0769. The van der Waals surface area contributed by atoms with Crippen LogP contribution in [0.2, 0.25) is 0 Å². The van der Waals surface area contributed by atoms with Crippen molar-refractivity contribution in [1.82, 2.24) is 0 Å². The molecule has 1 aromatic carbocycles. The van der Waals surface area contributed by atoms with Gasteiger partial charge in [-0.3, -0.25) is 0 Å². The summed E-state index contributed by atoms with van der Waals surface area (Å²) in [6.07, 6.45) is 7.20. The largest absolute Gasteiger partial charge is 0.507 e. The molecular formula is C13H10OS. The van der Waals surface area contributed by atoms with E-state index in [1.165, 1.54) is 4.91 Å². The normalized spacial score (nSPS) is 18.3. The van der Waals surface area contributed by atoms with Gasteiger partial charge in [-0.2, -0.15) is 0 Å². The first kappa shape index (κ1) is 8.86. The van der Waals surface area contributed by atoms with Crippen LogP contribution in [0.1, 0.15) is 12.0 Å². The lowest BCUT2D eigenvalue weighted by Gasteiger charge is -2.21. The summed E-state index contributed by atoms with van der Waals surface area (Å²) in [5, 5.41) is 10.1. The minimum Gasteiger partial charge on any atom is -0.507 e. The van der Waals surface area contributed by atoms with E-state index in [2.05, 4.69) is 12.2 Å². The molecule has 0 fully saturated rings. The summed E-state index contributed by atoms with van der Waals surface area (Å²) < 4.78 is 0. The molecule has 1 aliphatic carbocycles. The summed E-state index contributed by atoms with van der Waals surface area (Å²) in [6.45, 7) is 0. The molecule has 0 radical (unpaired) electrons. The molecule has 2 heteroatoms. The monoisotopic (exact) mass is 214 g/mol. The first-order valence-electron chi connectivity index (χ1n) is 4.94. The lowest BCUT2D eigenvalue weighted by molar-refractivity contribution is 0.506. The summed E-state index contributed by atoms with van der Waals surface area (Å²) in [4.78, 5) is 2.31. The summed E-state index contributed by atoms with van der Waals surface area (Å²) >= 11 is 1.74. The smallest absolute Gasteiger partial charge is 0.132 e. The van der Waals surface area contributed by atoms with Crippen molar-refractivity contribution in [1.29, 1.82) is 0 Å². The Kier molecular flexibility index (Phi) is 1.96. The van der Waals surface area contributed by atoms with Gasteiger partial charge in [0.05, 0.1) is 0 Å². The number of hydrogen-bond donors (Lipinski definition) is 1. The first-order valence-corrected chi connectivity index (χ1v) is 5.75. The van der Waals surface area contributed by atoms with Crippen molar-refractivity contribution >= 4 is 17.5 Å². The lowest BCUT2D eigenvalue weighted by atomic mass is 10.0. The minimum absolute atomic E-state index is 0.409. The molecule has 0 saturated heterocycles. The zero-order valence-corrected chi connectivity index (χ0v) is 8.92. The number of aliphatic hydroxyl groups is 1. The molecule has 15 heavy (non-hydrogen) atoms. The standard InChI is InChI=1S/C13H10OS/c14-13-9-5-1-3-7-11(9)15-12-8-4-2-6-10(12)13/h1-3,5-8,14H,4H2. The Hall–Kier alpha value is -1.41. The molecule has 2 aliphatic rings. The van der Waals surface area contributed by atoms with Crippen LogP contribution in [0.3, 0.4) is 0 Å². The zero-order chi connectivity index (χ0) is 10.3. The second-order valence-electron chi connectivity index (χ2n) is 3.57. The molecule has 3 rings (SSSR count). The molecular weight excluding hydrogens is 204 g/mol. The Morgan fingerprint density at radius 2 is 2.07 bits per heavy atom. The molecule has 1 nitrogen and oxygen atoms in total. The molecule has 0 unspecified atom stereocenters. The van der Waals surface area contributed by atoms with Crippen LogP contribution in [-0.4, -0.2) is 5.11 Å². The van der Waals surface area contributed by atoms with Gasteiger partial charge in [-0.05, 0) is 12.5 Å². The number of hydrogen-bond acceptors (Lipinski definition) is 2. The number of benzene rings is 1. The van der Waals surface area contributed by atoms with Crippen molar-refractivity contribution in [3.8, 4) is 0 Å². The summed E-state index contributed by atoms with van der Waals surface area (Å²) in [7, 11) is 0. The molecule has 1 N–H and O–H groups in total. The number of allylic oxidation sites excluding steroid dienone is 4. The second kappa shape index (κ2) is 3.31. The molecule has 1 aromatic rings. The molecule has 0 saturated carbocycles. The molecule has 1 aliphatic heterocycles. The van der Waals surface area contributed by atoms with Crippen LogP contribution in [0, 0.1) is 0 Å². The van der Waals surface area contributed by atoms with Crippen LogP contribution in [0.25, 0.3) is 5.76 Å². The second-order valence-corrected chi connectivity index (χ2v) is 4.65. The van der Waals surface area contributed by atoms with Crippen LogP contribution in [0.15, 0.2) is 57.9 Å². The lowest BCUT2D eigenvalue weighted by Crippen LogP contribution is -2.01. The van der Waals surface area contributed by atoms with Gasteiger partial charge in [0, 0.05) is 20.9 Å².